The highest BCUT2D eigenvalue weighted by molar-refractivity contribution is 4.88. The minimum absolute atomic E-state index is 0.665. The van der Waals surface area contributed by atoms with Crippen LogP contribution < -0.4 is 5.32 Å². The van der Waals surface area contributed by atoms with Crippen molar-refractivity contribution in [2.75, 3.05) is 40.3 Å². The van der Waals surface area contributed by atoms with Crippen LogP contribution in [0.3, 0.4) is 0 Å². The summed E-state index contributed by atoms with van der Waals surface area (Å²) in [4.78, 5) is 4.99. The van der Waals surface area contributed by atoms with Gasteiger partial charge in [0.25, 0.3) is 0 Å². The number of likely N-dealkylation sites (N-methyl/N-ethyl adjacent to an activating group) is 2. The number of likely N-dealkylation sites (tertiary alicyclic amines) is 1. The smallest absolute Gasteiger partial charge is 0.0254 e. The molecule has 1 saturated heterocycles. The second-order valence-corrected chi connectivity index (χ2v) is 5.39. The summed E-state index contributed by atoms with van der Waals surface area (Å²) in [6.07, 6.45) is 1.23. The zero-order valence-corrected chi connectivity index (χ0v) is 11.7. The van der Waals surface area contributed by atoms with Crippen LogP contribution in [0.4, 0.5) is 0 Å². The van der Waals surface area contributed by atoms with Gasteiger partial charge in [0.2, 0.25) is 0 Å². The number of hydrogen-bond donors (Lipinski definition) is 1. The van der Waals surface area contributed by atoms with Crippen LogP contribution in [0.1, 0.15) is 27.2 Å². The highest BCUT2D eigenvalue weighted by atomic mass is 15.2. The van der Waals surface area contributed by atoms with Crippen LogP contribution in [0.2, 0.25) is 0 Å². The van der Waals surface area contributed by atoms with Crippen LogP contribution in [0.25, 0.3) is 0 Å². The average molecular weight is 227 g/mol. The number of hydrogen-bond acceptors (Lipinski definition) is 3. The van der Waals surface area contributed by atoms with E-state index in [0.29, 0.717) is 6.04 Å². The van der Waals surface area contributed by atoms with E-state index in [-0.39, 0.29) is 0 Å². The van der Waals surface area contributed by atoms with E-state index in [4.69, 9.17) is 0 Å². The maximum atomic E-state index is 3.56. The zero-order chi connectivity index (χ0) is 12.1. The van der Waals surface area contributed by atoms with Gasteiger partial charge in [-0.05, 0) is 33.0 Å². The lowest BCUT2D eigenvalue weighted by molar-refractivity contribution is 0.242. The Balaban J connectivity index is 2.39. The van der Waals surface area contributed by atoms with E-state index >= 15 is 0 Å². The quantitative estimate of drug-likeness (QED) is 0.737. The van der Waals surface area contributed by atoms with E-state index in [0.717, 1.165) is 18.5 Å². The third-order valence-corrected chi connectivity index (χ3v) is 3.78. The Labute approximate surface area is 101 Å². The summed E-state index contributed by atoms with van der Waals surface area (Å²) in [7, 11) is 4.40. The lowest BCUT2D eigenvalue weighted by atomic mass is 10.1. The minimum atomic E-state index is 0.665. The van der Waals surface area contributed by atoms with Gasteiger partial charge in [0.15, 0.2) is 0 Å². The fraction of sp³-hybridized carbons (Fsp3) is 1.00. The van der Waals surface area contributed by atoms with Gasteiger partial charge in [0, 0.05) is 31.7 Å². The van der Waals surface area contributed by atoms with Crippen LogP contribution >= 0.6 is 0 Å². The normalized spacial score (nSPS) is 28.9. The first kappa shape index (κ1) is 13.9. The van der Waals surface area contributed by atoms with Crippen molar-refractivity contribution in [2.45, 2.75) is 39.3 Å². The third-order valence-electron chi connectivity index (χ3n) is 3.78. The fourth-order valence-corrected chi connectivity index (χ4v) is 2.81. The van der Waals surface area contributed by atoms with Crippen molar-refractivity contribution in [3.05, 3.63) is 0 Å². The highest BCUT2D eigenvalue weighted by Gasteiger charge is 2.31. The van der Waals surface area contributed by atoms with Gasteiger partial charge in [0.05, 0.1) is 0 Å². The summed E-state index contributed by atoms with van der Waals surface area (Å²) in [5.41, 5.74) is 0. The molecular weight excluding hydrogens is 198 g/mol. The first-order valence-electron chi connectivity index (χ1n) is 6.70. The molecule has 0 aromatic heterocycles. The molecule has 96 valence electrons. The van der Waals surface area contributed by atoms with Crippen molar-refractivity contribution in [2.24, 2.45) is 5.92 Å². The van der Waals surface area contributed by atoms with E-state index < -0.39 is 0 Å². The molecule has 0 amide bonds. The molecule has 0 radical (unpaired) electrons. The van der Waals surface area contributed by atoms with Crippen molar-refractivity contribution >= 4 is 0 Å². The fourth-order valence-electron chi connectivity index (χ4n) is 2.81. The average Bonchev–Trinajstić information content (AvgIpc) is 2.59. The maximum absolute atomic E-state index is 3.56. The van der Waals surface area contributed by atoms with Crippen molar-refractivity contribution in [3.8, 4) is 0 Å². The minimum Gasteiger partial charge on any atom is -0.313 e. The van der Waals surface area contributed by atoms with Crippen molar-refractivity contribution in [3.63, 3.8) is 0 Å². The molecule has 1 N–H and O–H groups in total. The van der Waals surface area contributed by atoms with E-state index in [1.807, 2.05) is 0 Å². The predicted molar refractivity (Wildman–Crippen MR) is 70.8 cm³/mol. The van der Waals surface area contributed by atoms with Crippen molar-refractivity contribution in [1.82, 2.24) is 15.1 Å². The Morgan fingerprint density at radius 3 is 2.44 bits per heavy atom. The molecule has 0 aromatic rings. The standard InChI is InChI=1S/C13H29N3/c1-6-12(14-7-2)9-16-8-11(3)13(10-16)15(4)5/h11-14H,6-10H2,1-5H3. The monoisotopic (exact) mass is 227 g/mol. The topological polar surface area (TPSA) is 18.5 Å². The largest absolute Gasteiger partial charge is 0.313 e. The summed E-state index contributed by atoms with van der Waals surface area (Å²) in [5, 5.41) is 3.56. The van der Waals surface area contributed by atoms with Gasteiger partial charge in [0.1, 0.15) is 0 Å². The van der Waals surface area contributed by atoms with Crippen LogP contribution in [-0.2, 0) is 0 Å². The van der Waals surface area contributed by atoms with Crippen LogP contribution in [0.15, 0.2) is 0 Å². The van der Waals surface area contributed by atoms with Crippen LogP contribution in [0, 0.1) is 5.92 Å². The summed E-state index contributed by atoms with van der Waals surface area (Å²) < 4.78 is 0. The van der Waals surface area contributed by atoms with Crippen LogP contribution in [-0.4, -0.2) is 62.2 Å². The van der Waals surface area contributed by atoms with Crippen molar-refractivity contribution < 1.29 is 0 Å². The van der Waals surface area contributed by atoms with E-state index in [2.05, 4.69) is 50.0 Å². The van der Waals surface area contributed by atoms with Gasteiger partial charge in [-0.2, -0.15) is 0 Å². The molecule has 1 heterocycles. The highest BCUT2D eigenvalue weighted by Crippen LogP contribution is 2.20. The molecule has 3 atom stereocenters. The molecule has 0 saturated carbocycles. The Hall–Kier alpha value is -0.120. The molecule has 16 heavy (non-hydrogen) atoms. The van der Waals surface area contributed by atoms with Crippen LogP contribution in [0.5, 0.6) is 0 Å². The first-order chi connectivity index (χ1) is 7.58. The second kappa shape index (κ2) is 6.58. The first-order valence-corrected chi connectivity index (χ1v) is 6.70. The van der Waals surface area contributed by atoms with Gasteiger partial charge in [-0.1, -0.05) is 20.8 Å². The molecular formula is C13H29N3. The molecule has 0 aliphatic carbocycles. The Bertz CT molecular complexity index is 194. The molecule has 0 aromatic carbocycles. The maximum Gasteiger partial charge on any atom is 0.0254 e. The van der Waals surface area contributed by atoms with Crippen molar-refractivity contribution in [1.29, 1.82) is 0 Å². The summed E-state index contributed by atoms with van der Waals surface area (Å²) in [5.74, 6) is 0.800. The Morgan fingerprint density at radius 1 is 1.31 bits per heavy atom. The Morgan fingerprint density at radius 2 is 2.00 bits per heavy atom. The molecule has 3 heteroatoms. The van der Waals surface area contributed by atoms with Gasteiger partial charge in [-0.15, -0.1) is 0 Å². The molecule has 0 spiro atoms. The number of rotatable bonds is 6. The molecule has 1 fully saturated rings. The van der Waals surface area contributed by atoms with E-state index in [1.54, 1.807) is 0 Å². The summed E-state index contributed by atoms with van der Waals surface area (Å²) in [6.45, 7) is 11.6. The molecule has 1 aliphatic rings. The van der Waals surface area contributed by atoms with Gasteiger partial charge in [-0.25, -0.2) is 0 Å². The third kappa shape index (κ3) is 3.72. The molecule has 3 unspecified atom stereocenters. The van der Waals surface area contributed by atoms with Gasteiger partial charge in [-0.3, -0.25) is 4.90 Å². The van der Waals surface area contributed by atoms with Gasteiger partial charge >= 0.3 is 0 Å². The number of nitrogens with one attached hydrogen (secondary N) is 1. The van der Waals surface area contributed by atoms with Gasteiger partial charge < -0.3 is 10.2 Å². The van der Waals surface area contributed by atoms with E-state index in [9.17, 15) is 0 Å². The second-order valence-electron chi connectivity index (χ2n) is 5.39. The number of nitrogens with zero attached hydrogens (tertiary/aromatic N) is 2. The molecule has 3 nitrogen and oxygen atoms in total. The predicted octanol–water partition coefficient (Wildman–Crippen LogP) is 1.26. The zero-order valence-electron chi connectivity index (χ0n) is 11.7. The lowest BCUT2D eigenvalue weighted by Crippen LogP contribution is -2.41. The lowest BCUT2D eigenvalue weighted by Gasteiger charge is -2.25. The Kier molecular flexibility index (Phi) is 5.73. The molecule has 1 rings (SSSR count). The summed E-state index contributed by atoms with van der Waals surface area (Å²) >= 11 is 0. The summed E-state index contributed by atoms with van der Waals surface area (Å²) in [6, 6.07) is 1.40. The molecule has 1 aliphatic heterocycles. The SMILES string of the molecule is CCNC(CC)CN1CC(C)C(N(C)C)C1. The van der Waals surface area contributed by atoms with E-state index in [1.165, 1.54) is 26.1 Å². The molecule has 0 bridgehead atoms.